The van der Waals surface area contributed by atoms with Crippen molar-refractivity contribution in [1.82, 2.24) is 14.7 Å². The Labute approximate surface area is 106 Å². The van der Waals surface area contributed by atoms with Gasteiger partial charge in [0.05, 0.1) is 6.10 Å². The molecule has 0 aromatic carbocycles. The van der Waals surface area contributed by atoms with Crippen molar-refractivity contribution in [2.45, 2.75) is 24.0 Å². The molecule has 1 rings (SSSR count). The summed E-state index contributed by atoms with van der Waals surface area (Å²) in [6.07, 6.45) is -0.890. The number of carboxylic acids is 1. The van der Waals surface area contributed by atoms with Crippen molar-refractivity contribution in [3.8, 4) is 0 Å². The van der Waals surface area contributed by atoms with Gasteiger partial charge in [-0.05, 0) is 6.92 Å². The predicted molar refractivity (Wildman–Crippen MR) is 61.1 cm³/mol. The van der Waals surface area contributed by atoms with Crippen molar-refractivity contribution < 1.29 is 23.4 Å². The van der Waals surface area contributed by atoms with Gasteiger partial charge < -0.3 is 15.2 Å². The highest BCUT2D eigenvalue weighted by molar-refractivity contribution is 7.89. The van der Waals surface area contributed by atoms with E-state index in [4.69, 9.17) is 10.2 Å². The summed E-state index contributed by atoms with van der Waals surface area (Å²) in [5.41, 5.74) is -2.11. The van der Waals surface area contributed by atoms with E-state index in [9.17, 15) is 22.8 Å². The van der Waals surface area contributed by atoms with Crippen molar-refractivity contribution in [3.63, 3.8) is 0 Å². The average Bonchev–Trinajstić information content (AvgIpc) is 2.24. The van der Waals surface area contributed by atoms with Crippen LogP contribution in [0.2, 0.25) is 0 Å². The first kappa shape index (κ1) is 15.1. The molecule has 0 saturated carbocycles. The van der Waals surface area contributed by atoms with Gasteiger partial charge in [-0.15, -0.1) is 0 Å². The Morgan fingerprint density at radius 2 is 2.00 bits per heavy atom. The molecule has 0 aliphatic carbocycles. The first-order valence-electron chi connectivity index (χ1n) is 4.90. The Kier molecular flexibility index (Phi) is 4.24. The third-order valence-electron chi connectivity index (χ3n) is 2.11. The van der Waals surface area contributed by atoms with Gasteiger partial charge in [0.25, 0.3) is 5.56 Å². The van der Waals surface area contributed by atoms with Crippen LogP contribution >= 0.6 is 0 Å². The van der Waals surface area contributed by atoms with E-state index in [-0.39, 0.29) is 0 Å². The largest absolute Gasteiger partial charge is 0.480 e. The fraction of sp³-hybridized carbons (Fsp3) is 0.375. The second kappa shape index (κ2) is 5.34. The summed E-state index contributed by atoms with van der Waals surface area (Å²) >= 11 is 0. The van der Waals surface area contributed by atoms with E-state index < -0.39 is 44.3 Å². The van der Waals surface area contributed by atoms with Gasteiger partial charge in [0.2, 0.25) is 10.0 Å². The topological polar surface area (TPSA) is 169 Å². The van der Waals surface area contributed by atoms with Crippen molar-refractivity contribution >= 4 is 16.0 Å². The Balaban J connectivity index is 3.21. The number of aliphatic carboxylic acids is 1. The molecule has 5 N–H and O–H groups in total. The molecular formula is C8H11N3O7S. The normalized spacial score (nSPS) is 14.8. The fourth-order valence-corrected chi connectivity index (χ4v) is 2.45. The highest BCUT2D eigenvalue weighted by Gasteiger charge is 2.30. The number of carboxylic acid groups (broad SMARTS) is 1. The second-order valence-corrected chi connectivity index (χ2v) is 5.30. The molecule has 0 amide bonds. The molecule has 1 aromatic rings. The molecule has 0 fully saturated rings. The van der Waals surface area contributed by atoms with Crippen LogP contribution in [0.1, 0.15) is 6.92 Å². The van der Waals surface area contributed by atoms with Crippen LogP contribution in [0.15, 0.2) is 20.7 Å². The standard InChI is InChI=1S/C8H11N3O7S/c1-3(12)5(7(14)15)11-19(17,18)4-2-9-8(16)10-6(4)13/h2-3,5,11-12H,1H3,(H,14,15)(H2,9,10,13,16)/t3-,5+/m1/s1. The number of hydrogen-bond donors (Lipinski definition) is 5. The van der Waals surface area contributed by atoms with Crippen LogP contribution in [-0.2, 0) is 14.8 Å². The number of aromatic nitrogens is 2. The van der Waals surface area contributed by atoms with Gasteiger partial charge in [-0.25, -0.2) is 13.2 Å². The molecule has 106 valence electrons. The zero-order valence-corrected chi connectivity index (χ0v) is 10.4. The number of aromatic amines is 2. The first-order chi connectivity index (χ1) is 8.65. The van der Waals surface area contributed by atoms with Gasteiger partial charge in [0.1, 0.15) is 6.04 Å². The van der Waals surface area contributed by atoms with Gasteiger partial charge in [0, 0.05) is 6.20 Å². The van der Waals surface area contributed by atoms with Gasteiger partial charge in [-0.1, -0.05) is 0 Å². The molecule has 0 bridgehead atoms. The number of rotatable bonds is 5. The Hall–Kier alpha value is -1.98. The smallest absolute Gasteiger partial charge is 0.325 e. The molecule has 0 radical (unpaired) electrons. The molecule has 10 nitrogen and oxygen atoms in total. The highest BCUT2D eigenvalue weighted by atomic mass is 32.2. The summed E-state index contributed by atoms with van der Waals surface area (Å²) in [4.78, 5) is 35.6. The Bertz CT molecular complexity index is 687. The lowest BCUT2D eigenvalue weighted by Gasteiger charge is -2.16. The van der Waals surface area contributed by atoms with E-state index in [1.165, 1.54) is 0 Å². The van der Waals surface area contributed by atoms with Gasteiger partial charge in [-0.2, -0.15) is 4.72 Å². The molecular weight excluding hydrogens is 282 g/mol. The minimum absolute atomic E-state index is 0.629. The van der Waals surface area contributed by atoms with Crippen molar-refractivity contribution in [2.75, 3.05) is 0 Å². The molecule has 19 heavy (non-hydrogen) atoms. The van der Waals surface area contributed by atoms with Gasteiger partial charge >= 0.3 is 11.7 Å². The van der Waals surface area contributed by atoms with E-state index in [0.717, 1.165) is 6.92 Å². The summed E-state index contributed by atoms with van der Waals surface area (Å²) in [5.74, 6) is -1.61. The fourth-order valence-electron chi connectivity index (χ4n) is 1.18. The van der Waals surface area contributed by atoms with E-state index in [2.05, 4.69) is 0 Å². The van der Waals surface area contributed by atoms with Crippen LogP contribution in [0, 0.1) is 0 Å². The van der Waals surface area contributed by atoms with E-state index >= 15 is 0 Å². The third-order valence-corrected chi connectivity index (χ3v) is 3.55. The predicted octanol–water partition coefficient (Wildman–Crippen LogP) is -2.82. The summed E-state index contributed by atoms with van der Waals surface area (Å²) in [6, 6.07) is -1.82. The van der Waals surface area contributed by atoms with Crippen LogP contribution in [0.5, 0.6) is 0 Å². The zero-order valence-electron chi connectivity index (χ0n) is 9.58. The molecule has 1 heterocycles. The lowest BCUT2D eigenvalue weighted by molar-refractivity contribution is -0.141. The zero-order chi connectivity index (χ0) is 14.8. The maximum atomic E-state index is 11.8. The van der Waals surface area contributed by atoms with Crippen molar-refractivity contribution in [3.05, 3.63) is 27.0 Å². The minimum atomic E-state index is -4.50. The van der Waals surface area contributed by atoms with Crippen LogP contribution < -0.4 is 16.0 Å². The maximum absolute atomic E-state index is 11.8. The lowest BCUT2D eigenvalue weighted by Crippen LogP contribution is -2.48. The molecule has 2 atom stereocenters. The SMILES string of the molecule is C[C@@H](O)[C@H](NS(=O)(=O)c1c[nH]c(=O)[nH]c1=O)C(=O)O. The average molecular weight is 293 g/mol. The molecule has 1 aromatic heterocycles. The van der Waals surface area contributed by atoms with Crippen LogP contribution in [0.25, 0.3) is 0 Å². The number of sulfonamides is 1. The number of aliphatic hydroxyl groups is 1. The van der Waals surface area contributed by atoms with Crippen molar-refractivity contribution in [1.29, 1.82) is 0 Å². The summed E-state index contributed by atoms with van der Waals surface area (Å²) in [6.45, 7) is 1.07. The number of carbonyl (C=O) groups is 1. The van der Waals surface area contributed by atoms with E-state index in [1.807, 2.05) is 4.98 Å². The number of H-pyrrole nitrogens is 2. The van der Waals surface area contributed by atoms with Crippen LogP contribution in [0.3, 0.4) is 0 Å². The molecule has 0 aliphatic heterocycles. The molecule has 0 saturated heterocycles. The molecule has 11 heteroatoms. The third kappa shape index (κ3) is 3.49. The summed E-state index contributed by atoms with van der Waals surface area (Å²) < 4.78 is 25.2. The van der Waals surface area contributed by atoms with Gasteiger partial charge in [-0.3, -0.25) is 14.6 Å². The maximum Gasteiger partial charge on any atom is 0.325 e. The first-order valence-corrected chi connectivity index (χ1v) is 6.38. The van der Waals surface area contributed by atoms with E-state index in [0.29, 0.717) is 6.20 Å². The monoisotopic (exact) mass is 293 g/mol. The number of aliphatic hydroxyl groups excluding tert-OH is 1. The quantitative estimate of drug-likeness (QED) is 0.389. The van der Waals surface area contributed by atoms with Crippen molar-refractivity contribution in [2.24, 2.45) is 0 Å². The van der Waals surface area contributed by atoms with Crippen LogP contribution in [0.4, 0.5) is 0 Å². The highest BCUT2D eigenvalue weighted by Crippen LogP contribution is 2.03. The minimum Gasteiger partial charge on any atom is -0.480 e. The summed E-state index contributed by atoms with van der Waals surface area (Å²) in [5, 5.41) is 17.9. The van der Waals surface area contributed by atoms with Crippen LogP contribution in [-0.4, -0.2) is 46.7 Å². The number of nitrogens with one attached hydrogen (secondary N) is 3. The molecule has 0 spiro atoms. The summed E-state index contributed by atoms with van der Waals surface area (Å²) in [7, 11) is -4.50. The molecule has 0 aliphatic rings. The Morgan fingerprint density at radius 3 is 2.42 bits per heavy atom. The number of hydrogen-bond acceptors (Lipinski definition) is 6. The Morgan fingerprint density at radius 1 is 1.42 bits per heavy atom. The second-order valence-electron chi connectivity index (χ2n) is 3.61. The van der Waals surface area contributed by atoms with E-state index in [1.54, 1.807) is 9.71 Å². The van der Waals surface area contributed by atoms with Gasteiger partial charge in [0.15, 0.2) is 4.90 Å². The lowest BCUT2D eigenvalue weighted by atomic mass is 10.2. The molecule has 0 unspecified atom stereocenters.